The molecule has 1 aliphatic rings. The lowest BCUT2D eigenvalue weighted by Crippen LogP contribution is -2.45. The molecule has 0 saturated carbocycles. The highest BCUT2D eigenvalue weighted by Crippen LogP contribution is 2.29. The Labute approximate surface area is 168 Å². The molecule has 0 radical (unpaired) electrons. The highest BCUT2D eigenvalue weighted by Gasteiger charge is 2.31. The fraction of sp³-hybridized carbons (Fsp3) is 0.158. The SMILES string of the molecule is CC1=C(C(=O)Nc2cccc([N+](=O)[O-])c2)C(c2ccc(OC(F)F)cc2)NC(=O)N1. The normalized spacial score (nSPS) is 16.0. The van der Waals surface area contributed by atoms with E-state index in [1.807, 2.05) is 0 Å². The number of urea groups is 1. The smallest absolute Gasteiger partial charge is 0.387 e. The standard InChI is InChI=1S/C19H16F2N4O5/c1-10-15(17(26)23-12-3-2-4-13(9-12)25(28)29)16(24-19(27)22-10)11-5-7-14(8-6-11)30-18(20)21/h2-9,16,18H,1H3,(H,23,26)(H2,22,24,27). The second-order valence-corrected chi connectivity index (χ2v) is 6.28. The van der Waals surface area contributed by atoms with Crippen LogP contribution in [-0.4, -0.2) is 23.5 Å². The number of rotatable bonds is 6. The summed E-state index contributed by atoms with van der Waals surface area (Å²) < 4.78 is 29.0. The van der Waals surface area contributed by atoms with E-state index in [1.165, 1.54) is 55.5 Å². The van der Waals surface area contributed by atoms with Crippen LogP contribution in [0.4, 0.5) is 25.0 Å². The van der Waals surface area contributed by atoms with Gasteiger partial charge in [-0.3, -0.25) is 14.9 Å². The van der Waals surface area contributed by atoms with Crippen LogP contribution in [-0.2, 0) is 4.79 Å². The third-order valence-corrected chi connectivity index (χ3v) is 4.27. The molecule has 0 spiro atoms. The summed E-state index contributed by atoms with van der Waals surface area (Å²) in [5.74, 6) is -0.671. The Morgan fingerprint density at radius 3 is 2.57 bits per heavy atom. The second kappa shape index (κ2) is 8.55. The van der Waals surface area contributed by atoms with E-state index in [1.54, 1.807) is 0 Å². The van der Waals surface area contributed by atoms with Crippen molar-refractivity contribution in [3.63, 3.8) is 0 Å². The Morgan fingerprint density at radius 2 is 1.93 bits per heavy atom. The van der Waals surface area contributed by atoms with Gasteiger partial charge in [-0.2, -0.15) is 8.78 Å². The molecule has 9 nitrogen and oxygen atoms in total. The molecule has 30 heavy (non-hydrogen) atoms. The molecule has 1 aliphatic heterocycles. The first-order chi connectivity index (χ1) is 14.2. The zero-order valence-electron chi connectivity index (χ0n) is 15.5. The van der Waals surface area contributed by atoms with Crippen molar-refractivity contribution >= 4 is 23.3 Å². The van der Waals surface area contributed by atoms with E-state index in [-0.39, 0.29) is 28.4 Å². The number of nitrogens with one attached hydrogen (secondary N) is 3. The van der Waals surface area contributed by atoms with E-state index in [0.717, 1.165) is 0 Å². The average molecular weight is 418 g/mol. The number of alkyl halides is 2. The van der Waals surface area contributed by atoms with Crippen LogP contribution >= 0.6 is 0 Å². The highest BCUT2D eigenvalue weighted by molar-refractivity contribution is 6.06. The molecule has 0 saturated heterocycles. The minimum absolute atomic E-state index is 0.0719. The van der Waals surface area contributed by atoms with E-state index >= 15 is 0 Å². The van der Waals surface area contributed by atoms with Crippen molar-refractivity contribution in [1.29, 1.82) is 0 Å². The number of carbonyl (C=O) groups is 2. The minimum atomic E-state index is -2.98. The van der Waals surface area contributed by atoms with E-state index < -0.39 is 29.5 Å². The Hall–Kier alpha value is -4.02. The molecular formula is C19H16F2N4O5. The van der Waals surface area contributed by atoms with Crippen LogP contribution in [0.1, 0.15) is 18.5 Å². The fourth-order valence-corrected chi connectivity index (χ4v) is 2.98. The monoisotopic (exact) mass is 418 g/mol. The number of benzene rings is 2. The van der Waals surface area contributed by atoms with Gasteiger partial charge in [0.25, 0.3) is 11.6 Å². The molecule has 2 aromatic rings. The fourth-order valence-electron chi connectivity index (χ4n) is 2.98. The number of halogens is 2. The quantitative estimate of drug-likeness (QED) is 0.490. The molecule has 0 bridgehead atoms. The number of hydrogen-bond donors (Lipinski definition) is 3. The van der Waals surface area contributed by atoms with Crippen molar-refractivity contribution in [2.45, 2.75) is 19.6 Å². The van der Waals surface area contributed by atoms with Gasteiger partial charge in [-0.05, 0) is 30.7 Å². The first-order valence-corrected chi connectivity index (χ1v) is 8.63. The lowest BCUT2D eigenvalue weighted by atomic mass is 9.94. The van der Waals surface area contributed by atoms with Gasteiger partial charge in [0.1, 0.15) is 5.75 Å². The third kappa shape index (κ3) is 4.69. The van der Waals surface area contributed by atoms with Crippen LogP contribution in [0, 0.1) is 10.1 Å². The van der Waals surface area contributed by atoms with E-state index in [9.17, 15) is 28.5 Å². The molecule has 1 unspecified atom stereocenters. The number of carbonyl (C=O) groups excluding carboxylic acids is 2. The summed E-state index contributed by atoms with van der Waals surface area (Å²) >= 11 is 0. The Morgan fingerprint density at radius 1 is 1.23 bits per heavy atom. The zero-order chi connectivity index (χ0) is 21.8. The van der Waals surface area contributed by atoms with Crippen LogP contribution in [0.5, 0.6) is 5.75 Å². The molecule has 3 rings (SSSR count). The number of allylic oxidation sites excluding steroid dienone is 1. The van der Waals surface area contributed by atoms with Crippen LogP contribution in [0.3, 0.4) is 0 Å². The number of hydrogen-bond acceptors (Lipinski definition) is 5. The number of amides is 3. The molecule has 3 N–H and O–H groups in total. The maximum absolute atomic E-state index is 12.9. The summed E-state index contributed by atoms with van der Waals surface area (Å²) in [6.07, 6.45) is 0. The first-order valence-electron chi connectivity index (χ1n) is 8.63. The van der Waals surface area contributed by atoms with Crippen molar-refractivity contribution in [2.75, 3.05) is 5.32 Å². The van der Waals surface area contributed by atoms with Gasteiger partial charge in [0.15, 0.2) is 0 Å². The van der Waals surface area contributed by atoms with Gasteiger partial charge >= 0.3 is 12.6 Å². The van der Waals surface area contributed by atoms with Crippen molar-refractivity contribution in [3.8, 4) is 5.75 Å². The molecule has 2 aromatic carbocycles. The molecule has 1 heterocycles. The van der Waals surface area contributed by atoms with Gasteiger partial charge in [-0.15, -0.1) is 0 Å². The topological polar surface area (TPSA) is 123 Å². The molecule has 0 fully saturated rings. The maximum atomic E-state index is 12.9. The van der Waals surface area contributed by atoms with Crippen molar-refractivity contribution in [2.24, 2.45) is 0 Å². The Bertz CT molecular complexity index is 1020. The maximum Gasteiger partial charge on any atom is 0.387 e. The largest absolute Gasteiger partial charge is 0.435 e. The summed E-state index contributed by atoms with van der Waals surface area (Å²) in [5.41, 5.74) is 0.892. The molecular weight excluding hydrogens is 402 g/mol. The molecule has 0 aliphatic carbocycles. The number of non-ortho nitro benzene ring substituents is 1. The summed E-state index contributed by atoms with van der Waals surface area (Å²) in [5, 5.41) is 18.6. The number of nitrogens with zero attached hydrogens (tertiary/aromatic N) is 1. The highest BCUT2D eigenvalue weighted by atomic mass is 19.3. The Balaban J connectivity index is 1.89. The van der Waals surface area contributed by atoms with Crippen molar-refractivity contribution in [3.05, 3.63) is 75.5 Å². The van der Waals surface area contributed by atoms with Gasteiger partial charge in [-0.1, -0.05) is 18.2 Å². The van der Waals surface area contributed by atoms with Gasteiger partial charge in [0.05, 0.1) is 16.5 Å². The van der Waals surface area contributed by atoms with Gasteiger partial charge in [0, 0.05) is 23.5 Å². The van der Waals surface area contributed by atoms with Crippen molar-refractivity contribution < 1.29 is 28.0 Å². The third-order valence-electron chi connectivity index (χ3n) is 4.27. The van der Waals surface area contributed by atoms with Gasteiger partial charge in [-0.25, -0.2) is 4.79 Å². The summed E-state index contributed by atoms with van der Waals surface area (Å²) in [4.78, 5) is 35.2. The molecule has 11 heteroatoms. The predicted molar refractivity (Wildman–Crippen MR) is 102 cm³/mol. The molecule has 1 atom stereocenters. The zero-order valence-corrected chi connectivity index (χ0v) is 15.5. The van der Waals surface area contributed by atoms with Crippen LogP contribution in [0.2, 0.25) is 0 Å². The number of nitro groups is 1. The first kappa shape index (κ1) is 20.7. The van der Waals surface area contributed by atoms with Gasteiger partial charge < -0.3 is 20.7 Å². The molecule has 3 amide bonds. The lowest BCUT2D eigenvalue weighted by Gasteiger charge is -2.28. The predicted octanol–water partition coefficient (Wildman–Crippen LogP) is 3.46. The number of ether oxygens (including phenoxy) is 1. The second-order valence-electron chi connectivity index (χ2n) is 6.28. The van der Waals surface area contributed by atoms with E-state index in [0.29, 0.717) is 5.56 Å². The number of anilines is 1. The number of nitro benzene ring substituents is 1. The Kier molecular flexibility index (Phi) is 5.90. The van der Waals surface area contributed by atoms with E-state index in [2.05, 4.69) is 20.7 Å². The van der Waals surface area contributed by atoms with Crippen molar-refractivity contribution in [1.82, 2.24) is 10.6 Å². The van der Waals surface area contributed by atoms with Crippen LogP contribution in [0.25, 0.3) is 0 Å². The van der Waals surface area contributed by atoms with Crippen LogP contribution < -0.4 is 20.7 Å². The van der Waals surface area contributed by atoms with E-state index in [4.69, 9.17) is 0 Å². The minimum Gasteiger partial charge on any atom is -0.435 e. The summed E-state index contributed by atoms with van der Waals surface area (Å²) in [7, 11) is 0. The average Bonchev–Trinajstić information content (AvgIpc) is 2.67. The van der Waals surface area contributed by atoms with Gasteiger partial charge in [0.2, 0.25) is 0 Å². The lowest BCUT2D eigenvalue weighted by molar-refractivity contribution is -0.384. The summed E-state index contributed by atoms with van der Waals surface area (Å²) in [6.45, 7) is -1.45. The molecule has 156 valence electrons. The summed E-state index contributed by atoms with van der Waals surface area (Å²) in [6, 6.07) is 9.46. The molecule has 0 aromatic heterocycles. The van der Waals surface area contributed by atoms with Crippen LogP contribution in [0.15, 0.2) is 59.8 Å².